The molecule has 0 amide bonds. The van der Waals surface area contributed by atoms with Crippen LogP contribution in [-0.4, -0.2) is 13.1 Å². The van der Waals surface area contributed by atoms with Gasteiger partial charge in [0.1, 0.15) is 0 Å². The van der Waals surface area contributed by atoms with Crippen LogP contribution in [0, 0.1) is 6.92 Å². The number of nitrogens with zero attached hydrogens (tertiary/aromatic N) is 1. The monoisotopic (exact) mass is 175 g/mol. The first kappa shape index (κ1) is 8.42. The molecule has 69 valence electrons. The van der Waals surface area contributed by atoms with Gasteiger partial charge >= 0.3 is 0 Å². The quantitative estimate of drug-likeness (QED) is 0.662. The van der Waals surface area contributed by atoms with Crippen molar-refractivity contribution < 1.29 is 0 Å². The number of anilines is 2. The lowest BCUT2D eigenvalue weighted by molar-refractivity contribution is 0.949. The van der Waals surface area contributed by atoms with Crippen LogP contribution in [0.15, 0.2) is 18.2 Å². The molecule has 1 aromatic rings. The van der Waals surface area contributed by atoms with E-state index in [1.807, 2.05) is 12.1 Å². The topological polar surface area (TPSA) is 29.3 Å². The molecule has 1 saturated heterocycles. The van der Waals surface area contributed by atoms with Crippen molar-refractivity contribution >= 4 is 11.4 Å². The van der Waals surface area contributed by atoms with Crippen LogP contribution in [0.5, 0.6) is 0 Å². The summed E-state index contributed by atoms with van der Waals surface area (Å²) in [5.41, 5.74) is 8.75. The van der Waals surface area contributed by atoms with E-state index in [0.29, 0.717) is 0 Å². The van der Waals surface area contributed by atoms with Crippen LogP contribution in [-0.2, 0) is 0 Å². The first-order valence-electron chi connectivity index (χ1n) is 4.74. The van der Waals surface area contributed by atoms with Crippen molar-refractivity contribution in [3.05, 3.63) is 30.7 Å². The van der Waals surface area contributed by atoms with Crippen LogP contribution in [0.2, 0.25) is 0 Å². The van der Waals surface area contributed by atoms with Crippen LogP contribution in [0.1, 0.15) is 18.4 Å². The molecule has 0 aliphatic carbocycles. The van der Waals surface area contributed by atoms with Crippen molar-refractivity contribution in [2.24, 2.45) is 0 Å². The normalized spacial score (nSPS) is 16.5. The highest BCUT2D eigenvalue weighted by atomic mass is 15.1. The Morgan fingerprint density at radius 1 is 1.23 bits per heavy atom. The van der Waals surface area contributed by atoms with Crippen molar-refractivity contribution in [2.75, 3.05) is 23.7 Å². The predicted octanol–water partition coefficient (Wildman–Crippen LogP) is 2.05. The lowest BCUT2D eigenvalue weighted by Crippen LogP contribution is -2.18. The minimum atomic E-state index is 0.799. The third-order valence-electron chi connectivity index (χ3n) is 2.55. The third kappa shape index (κ3) is 1.62. The van der Waals surface area contributed by atoms with Crippen molar-refractivity contribution in [1.29, 1.82) is 0 Å². The molecule has 0 bridgehead atoms. The summed E-state index contributed by atoms with van der Waals surface area (Å²) in [7, 11) is 0. The summed E-state index contributed by atoms with van der Waals surface area (Å²) in [5, 5.41) is 0. The summed E-state index contributed by atoms with van der Waals surface area (Å²) in [5.74, 6) is 0. The van der Waals surface area contributed by atoms with Gasteiger partial charge in [0, 0.05) is 24.5 Å². The Morgan fingerprint density at radius 3 is 2.54 bits per heavy atom. The summed E-state index contributed by atoms with van der Waals surface area (Å²) in [6.45, 7) is 6.32. The molecule has 1 aromatic carbocycles. The lowest BCUT2D eigenvalue weighted by atomic mass is 10.1. The number of nitrogens with two attached hydrogens (primary N) is 1. The molecule has 0 saturated carbocycles. The molecule has 1 aliphatic heterocycles. The zero-order valence-corrected chi connectivity index (χ0v) is 7.79. The first-order valence-corrected chi connectivity index (χ1v) is 4.74. The Bertz CT molecular complexity index is 301. The highest BCUT2D eigenvalue weighted by Crippen LogP contribution is 2.25. The Morgan fingerprint density at radius 2 is 1.92 bits per heavy atom. The molecule has 0 aromatic heterocycles. The van der Waals surface area contributed by atoms with Crippen LogP contribution >= 0.6 is 0 Å². The first-order chi connectivity index (χ1) is 6.27. The van der Waals surface area contributed by atoms with Crippen molar-refractivity contribution in [2.45, 2.75) is 12.8 Å². The van der Waals surface area contributed by atoms with Gasteiger partial charge in [0.15, 0.2) is 0 Å². The second kappa shape index (κ2) is 3.29. The summed E-state index contributed by atoms with van der Waals surface area (Å²) in [6.07, 6.45) is 2.59. The maximum Gasteiger partial charge on any atom is 0.0400 e. The van der Waals surface area contributed by atoms with Gasteiger partial charge in [-0.1, -0.05) is 0 Å². The Kier molecular flexibility index (Phi) is 2.13. The molecule has 2 N–H and O–H groups in total. The number of hydrogen-bond donors (Lipinski definition) is 1. The van der Waals surface area contributed by atoms with Crippen molar-refractivity contribution in [3.63, 3.8) is 0 Å². The molecular weight excluding hydrogens is 160 g/mol. The average Bonchev–Trinajstić information content (AvgIpc) is 2.56. The summed E-state index contributed by atoms with van der Waals surface area (Å²) < 4.78 is 0. The Balaban J connectivity index is 2.29. The van der Waals surface area contributed by atoms with Crippen LogP contribution < -0.4 is 10.6 Å². The summed E-state index contributed by atoms with van der Waals surface area (Å²) in [6, 6.07) is 5.96. The minimum absolute atomic E-state index is 0.799. The fourth-order valence-electron chi connectivity index (χ4n) is 1.87. The van der Waals surface area contributed by atoms with Gasteiger partial charge in [-0.15, -0.1) is 0 Å². The van der Waals surface area contributed by atoms with Crippen LogP contribution in [0.4, 0.5) is 11.4 Å². The van der Waals surface area contributed by atoms with Gasteiger partial charge in [0.25, 0.3) is 0 Å². The van der Waals surface area contributed by atoms with E-state index in [1.165, 1.54) is 18.5 Å². The summed E-state index contributed by atoms with van der Waals surface area (Å²) >= 11 is 0. The number of rotatable bonds is 1. The standard InChI is InChI=1S/C11H15N2/c1-9-8-10(12)4-5-11(9)13-6-2-3-7-13/h4-5,8H,1-3,6-7,12H2. The second-order valence-electron chi connectivity index (χ2n) is 3.58. The molecule has 0 unspecified atom stereocenters. The van der Waals surface area contributed by atoms with Gasteiger partial charge in [-0.25, -0.2) is 0 Å². The van der Waals surface area contributed by atoms with E-state index in [2.05, 4.69) is 17.9 Å². The molecule has 1 fully saturated rings. The largest absolute Gasteiger partial charge is 0.399 e. The zero-order valence-electron chi connectivity index (χ0n) is 7.79. The van der Waals surface area contributed by atoms with Gasteiger partial charge in [0.2, 0.25) is 0 Å². The lowest BCUT2D eigenvalue weighted by Gasteiger charge is -2.20. The van der Waals surface area contributed by atoms with Gasteiger partial charge in [-0.3, -0.25) is 0 Å². The smallest absolute Gasteiger partial charge is 0.0400 e. The van der Waals surface area contributed by atoms with E-state index in [9.17, 15) is 0 Å². The summed E-state index contributed by atoms with van der Waals surface area (Å²) in [4.78, 5) is 2.38. The fraction of sp³-hybridized carbons (Fsp3) is 0.364. The van der Waals surface area contributed by atoms with E-state index < -0.39 is 0 Å². The molecular formula is C11H15N2. The molecule has 2 nitrogen and oxygen atoms in total. The van der Waals surface area contributed by atoms with E-state index in [-0.39, 0.29) is 0 Å². The predicted molar refractivity (Wildman–Crippen MR) is 56.8 cm³/mol. The van der Waals surface area contributed by atoms with Crippen molar-refractivity contribution in [1.82, 2.24) is 0 Å². The van der Waals surface area contributed by atoms with Crippen molar-refractivity contribution in [3.8, 4) is 0 Å². The minimum Gasteiger partial charge on any atom is -0.399 e. The average molecular weight is 175 g/mol. The maximum atomic E-state index is 5.67. The SMILES string of the molecule is [CH2]c1cc(N)ccc1N1CCCC1. The molecule has 0 atom stereocenters. The van der Waals surface area contributed by atoms with E-state index in [1.54, 1.807) is 0 Å². The second-order valence-corrected chi connectivity index (χ2v) is 3.58. The molecule has 13 heavy (non-hydrogen) atoms. The van der Waals surface area contributed by atoms with Gasteiger partial charge < -0.3 is 10.6 Å². The zero-order chi connectivity index (χ0) is 9.26. The molecule has 2 heteroatoms. The number of hydrogen-bond acceptors (Lipinski definition) is 2. The van der Waals surface area contributed by atoms with E-state index >= 15 is 0 Å². The van der Waals surface area contributed by atoms with Gasteiger partial charge in [-0.2, -0.15) is 0 Å². The molecule has 1 heterocycles. The van der Waals surface area contributed by atoms with E-state index in [0.717, 1.165) is 24.3 Å². The highest BCUT2D eigenvalue weighted by Gasteiger charge is 2.13. The van der Waals surface area contributed by atoms with Crippen LogP contribution in [0.3, 0.4) is 0 Å². The highest BCUT2D eigenvalue weighted by molar-refractivity contribution is 5.61. The Labute approximate surface area is 79.4 Å². The number of nitrogen functional groups attached to an aromatic ring is 1. The molecule has 1 radical (unpaired) electrons. The molecule has 1 aliphatic rings. The van der Waals surface area contributed by atoms with Crippen LogP contribution in [0.25, 0.3) is 0 Å². The maximum absolute atomic E-state index is 5.67. The third-order valence-corrected chi connectivity index (χ3v) is 2.55. The fourth-order valence-corrected chi connectivity index (χ4v) is 1.87. The van der Waals surface area contributed by atoms with Gasteiger partial charge in [0.05, 0.1) is 0 Å². The Hall–Kier alpha value is -1.18. The molecule has 2 rings (SSSR count). The molecule has 0 spiro atoms. The van der Waals surface area contributed by atoms with Gasteiger partial charge in [-0.05, 0) is 43.5 Å². The van der Waals surface area contributed by atoms with E-state index in [4.69, 9.17) is 5.73 Å². The number of benzene rings is 1.